The zero-order chi connectivity index (χ0) is 17.8. The van der Waals surface area contributed by atoms with E-state index in [-0.39, 0.29) is 0 Å². The van der Waals surface area contributed by atoms with Gasteiger partial charge in [-0.1, -0.05) is 23.7 Å². The highest BCUT2D eigenvalue weighted by Crippen LogP contribution is 2.23. The minimum absolute atomic E-state index is 0.641. The molecule has 0 bridgehead atoms. The number of halogens is 1. The molecular weight excluding hydrogens is 348 g/mol. The van der Waals surface area contributed by atoms with Gasteiger partial charge in [0.25, 0.3) is 0 Å². The van der Waals surface area contributed by atoms with Crippen LogP contribution in [-0.4, -0.2) is 15.0 Å². The fraction of sp³-hybridized carbons (Fsp3) is 0.0500. The minimum atomic E-state index is 0.641. The normalized spacial score (nSPS) is 10.7. The number of nitrogens with zero attached hydrogens (tertiary/aromatic N) is 3. The van der Waals surface area contributed by atoms with E-state index < -0.39 is 0 Å². The molecule has 2 aromatic carbocycles. The number of hydrogen-bond donors (Lipinski definition) is 1. The number of ether oxygens (including phenoxy) is 1. The third-order valence-electron chi connectivity index (χ3n) is 3.79. The molecule has 2 aromatic heterocycles. The Labute approximate surface area is 155 Å². The van der Waals surface area contributed by atoms with E-state index in [1.54, 1.807) is 30.7 Å². The Hall–Kier alpha value is -3.18. The van der Waals surface area contributed by atoms with Crippen molar-refractivity contribution in [2.75, 3.05) is 5.32 Å². The van der Waals surface area contributed by atoms with Gasteiger partial charge in [0.2, 0.25) is 0 Å². The quantitative estimate of drug-likeness (QED) is 0.536. The third-order valence-corrected chi connectivity index (χ3v) is 4.05. The maximum Gasteiger partial charge on any atom is 0.178 e. The second-order valence-corrected chi connectivity index (χ2v) is 6.11. The molecule has 0 saturated carbocycles. The molecule has 1 N–H and O–H groups in total. The van der Waals surface area contributed by atoms with E-state index >= 15 is 0 Å². The molecule has 0 amide bonds. The fourth-order valence-corrected chi connectivity index (χ4v) is 2.60. The van der Waals surface area contributed by atoms with Gasteiger partial charge in [0.05, 0.1) is 11.9 Å². The molecule has 4 rings (SSSR count). The fourth-order valence-electron chi connectivity index (χ4n) is 2.47. The molecule has 4 aromatic rings. The van der Waals surface area contributed by atoms with Crippen molar-refractivity contribution in [3.05, 3.63) is 83.8 Å². The Bertz CT molecular complexity index is 1020. The Morgan fingerprint density at radius 1 is 0.846 bits per heavy atom. The smallest absolute Gasteiger partial charge is 0.178 e. The zero-order valence-electron chi connectivity index (χ0n) is 13.8. The molecule has 0 aliphatic carbocycles. The second-order valence-electron chi connectivity index (χ2n) is 5.68. The van der Waals surface area contributed by atoms with Crippen LogP contribution in [-0.2, 0) is 6.54 Å². The molecule has 26 heavy (non-hydrogen) atoms. The van der Waals surface area contributed by atoms with E-state index in [1.807, 2.05) is 42.5 Å². The lowest BCUT2D eigenvalue weighted by Crippen LogP contribution is -2.00. The van der Waals surface area contributed by atoms with Crippen molar-refractivity contribution >= 4 is 28.5 Å². The molecule has 2 heterocycles. The monoisotopic (exact) mass is 362 g/mol. The Morgan fingerprint density at radius 2 is 1.54 bits per heavy atom. The Kier molecular flexibility index (Phi) is 4.62. The summed E-state index contributed by atoms with van der Waals surface area (Å²) >= 11 is 5.88. The maximum absolute atomic E-state index is 5.88. The molecule has 0 aliphatic heterocycles. The molecule has 0 spiro atoms. The van der Waals surface area contributed by atoms with Gasteiger partial charge in [-0.05, 0) is 48.0 Å². The highest BCUT2D eigenvalue weighted by Gasteiger charge is 2.01. The van der Waals surface area contributed by atoms with Crippen molar-refractivity contribution < 1.29 is 4.74 Å². The first-order valence-corrected chi connectivity index (χ1v) is 8.47. The number of pyridine rings is 1. The van der Waals surface area contributed by atoms with Crippen molar-refractivity contribution in [3.63, 3.8) is 0 Å². The largest absolute Gasteiger partial charge is 0.457 e. The summed E-state index contributed by atoms with van der Waals surface area (Å²) < 4.78 is 5.80. The van der Waals surface area contributed by atoms with E-state index in [0.717, 1.165) is 28.3 Å². The molecule has 0 fully saturated rings. The standard InChI is InChI=1S/C20H15ClN4O/c21-15-3-7-18(8-4-15)26-17-5-1-14(2-6-17)12-24-16-11-19-20(25-13-16)23-10-9-22-19/h1-11,13,24H,12H2. The lowest BCUT2D eigenvalue weighted by Gasteiger charge is -2.09. The molecule has 0 radical (unpaired) electrons. The SMILES string of the molecule is Clc1ccc(Oc2ccc(CNc3cnc4nccnc4c3)cc2)cc1. The summed E-state index contributed by atoms with van der Waals surface area (Å²) in [6, 6.07) is 17.1. The number of aromatic nitrogens is 3. The first-order valence-electron chi connectivity index (χ1n) is 8.09. The first-order chi connectivity index (χ1) is 12.8. The van der Waals surface area contributed by atoms with Crippen LogP contribution in [0.15, 0.2) is 73.2 Å². The van der Waals surface area contributed by atoms with E-state index in [9.17, 15) is 0 Å². The van der Waals surface area contributed by atoms with Crippen LogP contribution in [0, 0.1) is 0 Å². The van der Waals surface area contributed by atoms with Crippen LogP contribution in [0.2, 0.25) is 5.02 Å². The van der Waals surface area contributed by atoms with Crippen LogP contribution < -0.4 is 10.1 Å². The van der Waals surface area contributed by atoms with Crippen molar-refractivity contribution in [1.82, 2.24) is 15.0 Å². The average Bonchev–Trinajstić information content (AvgIpc) is 2.69. The highest BCUT2D eigenvalue weighted by molar-refractivity contribution is 6.30. The van der Waals surface area contributed by atoms with E-state index in [0.29, 0.717) is 17.2 Å². The predicted octanol–water partition coefficient (Wildman–Crippen LogP) is 5.08. The number of anilines is 1. The van der Waals surface area contributed by atoms with E-state index in [2.05, 4.69) is 20.3 Å². The second kappa shape index (κ2) is 7.37. The van der Waals surface area contributed by atoms with E-state index in [1.165, 1.54) is 0 Å². The van der Waals surface area contributed by atoms with Crippen LogP contribution in [0.5, 0.6) is 11.5 Å². The van der Waals surface area contributed by atoms with E-state index in [4.69, 9.17) is 16.3 Å². The lowest BCUT2D eigenvalue weighted by molar-refractivity contribution is 0.482. The number of nitrogens with one attached hydrogen (secondary N) is 1. The van der Waals surface area contributed by atoms with Gasteiger partial charge in [-0.3, -0.25) is 4.98 Å². The lowest BCUT2D eigenvalue weighted by atomic mass is 10.2. The summed E-state index contributed by atoms with van der Waals surface area (Å²) in [5.41, 5.74) is 3.44. The number of benzene rings is 2. The molecule has 0 saturated heterocycles. The van der Waals surface area contributed by atoms with Crippen molar-refractivity contribution in [2.24, 2.45) is 0 Å². The minimum Gasteiger partial charge on any atom is -0.457 e. The van der Waals surface area contributed by atoms with Gasteiger partial charge >= 0.3 is 0 Å². The molecular formula is C20H15ClN4O. The summed E-state index contributed by atoms with van der Waals surface area (Å²) in [5.74, 6) is 1.53. The molecule has 0 aliphatic rings. The number of hydrogen-bond acceptors (Lipinski definition) is 5. The molecule has 5 nitrogen and oxygen atoms in total. The Morgan fingerprint density at radius 3 is 2.31 bits per heavy atom. The summed E-state index contributed by atoms with van der Waals surface area (Å²) in [7, 11) is 0. The summed E-state index contributed by atoms with van der Waals surface area (Å²) in [6.45, 7) is 0.675. The maximum atomic E-state index is 5.88. The van der Waals surface area contributed by atoms with Gasteiger partial charge in [-0.25, -0.2) is 9.97 Å². The van der Waals surface area contributed by atoms with Crippen molar-refractivity contribution in [1.29, 1.82) is 0 Å². The van der Waals surface area contributed by atoms with Gasteiger partial charge < -0.3 is 10.1 Å². The predicted molar refractivity (Wildman–Crippen MR) is 103 cm³/mol. The first kappa shape index (κ1) is 16.3. The van der Waals surface area contributed by atoms with Gasteiger partial charge in [-0.15, -0.1) is 0 Å². The van der Waals surface area contributed by atoms with Crippen LogP contribution in [0.1, 0.15) is 5.56 Å². The highest BCUT2D eigenvalue weighted by atomic mass is 35.5. The van der Waals surface area contributed by atoms with Crippen LogP contribution in [0.3, 0.4) is 0 Å². The van der Waals surface area contributed by atoms with Crippen molar-refractivity contribution in [3.8, 4) is 11.5 Å². The van der Waals surface area contributed by atoms with Crippen LogP contribution in [0.25, 0.3) is 11.2 Å². The van der Waals surface area contributed by atoms with Gasteiger partial charge in [0.1, 0.15) is 17.0 Å². The Balaban J connectivity index is 1.39. The van der Waals surface area contributed by atoms with Crippen LogP contribution in [0.4, 0.5) is 5.69 Å². The third kappa shape index (κ3) is 3.90. The summed E-state index contributed by atoms with van der Waals surface area (Å²) in [6.07, 6.45) is 5.05. The molecule has 0 atom stereocenters. The molecule has 0 unspecified atom stereocenters. The van der Waals surface area contributed by atoms with Gasteiger partial charge in [-0.2, -0.15) is 0 Å². The number of rotatable bonds is 5. The zero-order valence-corrected chi connectivity index (χ0v) is 14.5. The van der Waals surface area contributed by atoms with Gasteiger partial charge in [0.15, 0.2) is 5.65 Å². The molecule has 128 valence electrons. The topological polar surface area (TPSA) is 59.9 Å². The summed E-state index contributed by atoms with van der Waals surface area (Å²) in [4.78, 5) is 12.7. The van der Waals surface area contributed by atoms with Crippen LogP contribution >= 0.6 is 11.6 Å². The average molecular weight is 363 g/mol. The van der Waals surface area contributed by atoms with Crippen molar-refractivity contribution in [2.45, 2.75) is 6.54 Å². The summed E-state index contributed by atoms with van der Waals surface area (Å²) in [5, 5.41) is 4.03. The number of fused-ring (bicyclic) bond motifs is 1. The van der Waals surface area contributed by atoms with Gasteiger partial charge in [0, 0.05) is 24.0 Å². The molecule has 6 heteroatoms.